The molecule has 2 aromatic carbocycles. The quantitative estimate of drug-likeness (QED) is 0.401. The van der Waals surface area contributed by atoms with Crippen molar-refractivity contribution in [3.63, 3.8) is 0 Å². The summed E-state index contributed by atoms with van der Waals surface area (Å²) in [5.74, 6) is 1.31. The molecule has 2 nitrogen and oxygen atoms in total. The van der Waals surface area contributed by atoms with Crippen LogP contribution in [0.1, 0.15) is 69.6 Å². The van der Waals surface area contributed by atoms with Crippen LogP contribution in [0.5, 0.6) is 0 Å². The summed E-state index contributed by atoms with van der Waals surface area (Å²) < 4.78 is 0. The van der Waals surface area contributed by atoms with Crippen LogP contribution in [0.15, 0.2) is 77.4 Å². The molecule has 0 amide bonds. The largest absolute Gasteiger partial charge is 0.278 e. The number of anilines is 1. The Hall–Kier alpha value is -2.61. The number of hydrogen-bond donors (Lipinski definition) is 1. The van der Waals surface area contributed by atoms with E-state index >= 15 is 0 Å². The molecule has 0 heterocycles. The first kappa shape index (κ1) is 20.1. The first-order chi connectivity index (χ1) is 13.5. The number of nitrogens with one attached hydrogen (secondary N) is 1. The third kappa shape index (κ3) is 4.62. The molecule has 1 atom stereocenters. The number of hydrogen-bond acceptors (Lipinski definition) is 2. The standard InChI is InChI=1S/C26H32N2/c1-18(2)23-15-10-16-24(19(3)4)26(23)28-27-25(21-12-7-6-8-13-21)17-22-14-9-11-20(22)5/h6-16,18-19,22,28H,17H2,1-5H3. The highest BCUT2D eigenvalue weighted by molar-refractivity contribution is 6.01. The van der Waals surface area contributed by atoms with Crippen LogP contribution in [0.25, 0.3) is 0 Å². The van der Waals surface area contributed by atoms with E-state index in [0.717, 1.165) is 17.8 Å². The first-order valence-electron chi connectivity index (χ1n) is 10.3. The van der Waals surface area contributed by atoms with Crippen molar-refractivity contribution in [2.24, 2.45) is 11.0 Å². The van der Waals surface area contributed by atoms with Crippen LogP contribution in [-0.4, -0.2) is 5.71 Å². The number of benzene rings is 2. The lowest BCUT2D eigenvalue weighted by molar-refractivity contribution is 0.811. The topological polar surface area (TPSA) is 24.4 Å². The van der Waals surface area contributed by atoms with Gasteiger partial charge in [-0.3, -0.25) is 5.43 Å². The summed E-state index contributed by atoms with van der Waals surface area (Å²) in [5, 5.41) is 4.95. The van der Waals surface area contributed by atoms with Crippen LogP contribution in [0.3, 0.4) is 0 Å². The minimum Gasteiger partial charge on any atom is -0.278 e. The van der Waals surface area contributed by atoms with Crippen molar-refractivity contribution < 1.29 is 0 Å². The van der Waals surface area contributed by atoms with Gasteiger partial charge in [0.15, 0.2) is 0 Å². The monoisotopic (exact) mass is 372 g/mol. The van der Waals surface area contributed by atoms with Gasteiger partial charge >= 0.3 is 0 Å². The van der Waals surface area contributed by atoms with E-state index in [0.29, 0.717) is 17.8 Å². The summed E-state index contributed by atoms with van der Waals surface area (Å²) >= 11 is 0. The van der Waals surface area contributed by atoms with Gasteiger partial charge in [0.05, 0.1) is 11.4 Å². The lowest BCUT2D eigenvalue weighted by Crippen LogP contribution is -2.12. The molecule has 0 aromatic heterocycles. The highest BCUT2D eigenvalue weighted by atomic mass is 15.3. The molecular weight excluding hydrogens is 340 g/mol. The fraction of sp³-hybridized carbons (Fsp3) is 0.346. The van der Waals surface area contributed by atoms with Gasteiger partial charge < -0.3 is 0 Å². The molecule has 0 bridgehead atoms. The fourth-order valence-electron chi connectivity index (χ4n) is 3.72. The first-order valence-corrected chi connectivity index (χ1v) is 10.3. The molecule has 0 aliphatic heterocycles. The van der Waals surface area contributed by atoms with Crippen LogP contribution in [0, 0.1) is 5.92 Å². The van der Waals surface area contributed by atoms with Gasteiger partial charge in [-0.1, -0.05) is 100 Å². The zero-order chi connectivity index (χ0) is 20.1. The van der Waals surface area contributed by atoms with E-state index in [-0.39, 0.29) is 0 Å². The summed E-state index contributed by atoms with van der Waals surface area (Å²) in [6.45, 7) is 11.2. The summed E-state index contributed by atoms with van der Waals surface area (Å²) in [7, 11) is 0. The van der Waals surface area contributed by atoms with E-state index in [9.17, 15) is 0 Å². The number of hydrazone groups is 1. The zero-order valence-corrected chi connectivity index (χ0v) is 17.7. The third-order valence-corrected chi connectivity index (χ3v) is 5.48. The molecule has 1 aliphatic rings. The normalized spacial score (nSPS) is 16.8. The maximum Gasteiger partial charge on any atom is 0.0688 e. The van der Waals surface area contributed by atoms with Crippen molar-refractivity contribution in [3.8, 4) is 0 Å². The highest BCUT2D eigenvalue weighted by Crippen LogP contribution is 2.33. The molecule has 1 unspecified atom stereocenters. The van der Waals surface area contributed by atoms with E-state index in [4.69, 9.17) is 5.10 Å². The number of allylic oxidation sites excluding steroid dienone is 4. The van der Waals surface area contributed by atoms with Gasteiger partial charge in [-0.2, -0.15) is 5.10 Å². The molecule has 1 N–H and O–H groups in total. The summed E-state index contributed by atoms with van der Waals surface area (Å²) in [6.07, 6.45) is 7.53. The maximum atomic E-state index is 4.95. The lowest BCUT2D eigenvalue weighted by Gasteiger charge is -2.20. The predicted octanol–water partition coefficient (Wildman–Crippen LogP) is 7.27. The molecule has 0 fully saturated rings. The number of para-hydroxylation sites is 1. The van der Waals surface area contributed by atoms with Crippen molar-refractivity contribution in [3.05, 3.63) is 89.0 Å². The number of nitrogens with zero attached hydrogens (tertiary/aromatic N) is 1. The van der Waals surface area contributed by atoms with E-state index in [1.807, 2.05) is 0 Å². The lowest BCUT2D eigenvalue weighted by atomic mass is 9.93. The maximum absolute atomic E-state index is 4.95. The molecule has 0 saturated carbocycles. The molecular formula is C26H32N2. The van der Waals surface area contributed by atoms with Crippen LogP contribution < -0.4 is 5.43 Å². The van der Waals surface area contributed by atoms with Gasteiger partial charge in [-0.15, -0.1) is 0 Å². The molecule has 3 rings (SSSR count). The smallest absolute Gasteiger partial charge is 0.0688 e. The Kier molecular flexibility index (Phi) is 6.51. The van der Waals surface area contributed by atoms with Gasteiger partial charge in [0.2, 0.25) is 0 Å². The summed E-state index contributed by atoms with van der Waals surface area (Å²) in [5.41, 5.74) is 10.9. The Morgan fingerprint density at radius 2 is 1.57 bits per heavy atom. The van der Waals surface area contributed by atoms with Crippen molar-refractivity contribution in [2.75, 3.05) is 5.43 Å². The van der Waals surface area contributed by atoms with Gasteiger partial charge in [0.25, 0.3) is 0 Å². The molecule has 146 valence electrons. The molecule has 0 radical (unpaired) electrons. The Bertz CT molecular complexity index is 860. The van der Waals surface area contributed by atoms with E-state index in [1.165, 1.54) is 22.3 Å². The van der Waals surface area contributed by atoms with E-state index in [1.54, 1.807) is 0 Å². The molecule has 2 heteroatoms. The predicted molar refractivity (Wildman–Crippen MR) is 122 cm³/mol. The second-order valence-corrected chi connectivity index (χ2v) is 8.26. The molecule has 28 heavy (non-hydrogen) atoms. The molecule has 0 spiro atoms. The van der Waals surface area contributed by atoms with Crippen molar-refractivity contribution in [1.82, 2.24) is 0 Å². The van der Waals surface area contributed by atoms with Crippen LogP contribution in [0.2, 0.25) is 0 Å². The molecule has 2 aromatic rings. The second kappa shape index (κ2) is 9.05. The summed E-state index contributed by atoms with van der Waals surface area (Å²) in [4.78, 5) is 0. The van der Waals surface area contributed by atoms with Gasteiger partial charge in [-0.25, -0.2) is 0 Å². The molecule has 0 saturated heterocycles. The van der Waals surface area contributed by atoms with Gasteiger partial charge in [0.1, 0.15) is 0 Å². The minimum atomic E-state index is 0.422. The fourth-order valence-corrected chi connectivity index (χ4v) is 3.72. The van der Waals surface area contributed by atoms with Crippen LogP contribution in [-0.2, 0) is 0 Å². The average molecular weight is 373 g/mol. The average Bonchev–Trinajstić information content (AvgIpc) is 3.09. The third-order valence-electron chi connectivity index (χ3n) is 5.48. The van der Waals surface area contributed by atoms with E-state index in [2.05, 4.69) is 107 Å². The van der Waals surface area contributed by atoms with Crippen LogP contribution in [0.4, 0.5) is 5.69 Å². The number of rotatable bonds is 7. The van der Waals surface area contributed by atoms with Crippen molar-refractivity contribution in [2.45, 2.75) is 52.9 Å². The zero-order valence-electron chi connectivity index (χ0n) is 17.7. The SMILES string of the molecule is CC1=CC=CC1CC(=NNc1c(C(C)C)cccc1C(C)C)c1ccccc1. The van der Waals surface area contributed by atoms with Gasteiger partial charge in [0, 0.05) is 12.3 Å². The summed E-state index contributed by atoms with van der Waals surface area (Å²) in [6, 6.07) is 17.1. The van der Waals surface area contributed by atoms with Crippen LogP contribution >= 0.6 is 0 Å². The van der Waals surface area contributed by atoms with Crippen molar-refractivity contribution >= 4 is 11.4 Å². The second-order valence-electron chi connectivity index (χ2n) is 8.26. The molecule has 1 aliphatic carbocycles. The minimum absolute atomic E-state index is 0.422. The van der Waals surface area contributed by atoms with E-state index < -0.39 is 0 Å². The Labute approximate surface area is 170 Å². The van der Waals surface area contributed by atoms with Crippen molar-refractivity contribution in [1.29, 1.82) is 0 Å². The Balaban J connectivity index is 1.98. The highest BCUT2D eigenvalue weighted by Gasteiger charge is 2.17. The Morgan fingerprint density at radius 3 is 2.11 bits per heavy atom. The Morgan fingerprint density at radius 1 is 0.929 bits per heavy atom. The van der Waals surface area contributed by atoms with Gasteiger partial charge in [-0.05, 0) is 35.4 Å².